The van der Waals surface area contributed by atoms with Crippen LogP contribution in [-0.4, -0.2) is 59.9 Å². The van der Waals surface area contributed by atoms with E-state index in [0.717, 1.165) is 68.7 Å². The molecule has 40 heavy (non-hydrogen) atoms. The average molecular weight is 646 g/mol. The smallest absolute Gasteiger partial charge is 0.251 e. The summed E-state index contributed by atoms with van der Waals surface area (Å²) in [5, 5.41) is 4.32. The van der Waals surface area contributed by atoms with Gasteiger partial charge in [-0.3, -0.25) is 9.36 Å². The predicted molar refractivity (Wildman–Crippen MR) is 166 cm³/mol. The van der Waals surface area contributed by atoms with E-state index in [1.165, 1.54) is 0 Å². The first-order valence-electron chi connectivity index (χ1n) is 13.4. The zero-order chi connectivity index (χ0) is 27.5. The van der Waals surface area contributed by atoms with Gasteiger partial charge in [0.1, 0.15) is 24.5 Å². The van der Waals surface area contributed by atoms with Crippen LogP contribution in [0.15, 0.2) is 79.1 Å². The molecule has 3 aromatic carbocycles. The minimum Gasteiger partial charge on any atom is -0.491 e. The molecule has 1 N–H and O–H groups in total. The standard InChI is InChI=1S/C31H30IN5O3/c1-39-16-17-40-25-9-10-27-26(19-25)33-20-37(27)29-11-8-21-4-3-7-28(30(21)35-29)36-14-12-24(13-15-36)34-31(38)22-5-2-6-23(32)18-22/h2-11,18-20,24H,12-17H2,1H3,(H,34,38)/i32-2. The molecule has 8 nitrogen and oxygen atoms in total. The lowest BCUT2D eigenvalue weighted by molar-refractivity contribution is 0.0931. The minimum atomic E-state index is -0.00495. The Hall–Kier alpha value is -3.70. The number of fused-ring (bicyclic) bond motifs is 2. The van der Waals surface area contributed by atoms with Crippen LogP contribution in [0.25, 0.3) is 27.8 Å². The number of nitrogens with one attached hydrogen (secondary N) is 1. The zero-order valence-corrected chi connectivity index (χ0v) is 24.4. The number of rotatable bonds is 8. The number of piperidine rings is 1. The number of imidazole rings is 1. The normalized spacial score (nSPS) is 14.1. The van der Waals surface area contributed by atoms with E-state index >= 15 is 0 Å². The molecule has 1 aliphatic heterocycles. The average Bonchev–Trinajstić information content (AvgIpc) is 3.40. The third kappa shape index (κ3) is 5.62. The molecule has 1 fully saturated rings. The van der Waals surface area contributed by atoms with E-state index in [1.54, 1.807) is 7.11 Å². The van der Waals surface area contributed by atoms with Crippen molar-refractivity contribution in [1.82, 2.24) is 19.9 Å². The number of hydrogen-bond acceptors (Lipinski definition) is 6. The predicted octanol–water partition coefficient (Wildman–Crippen LogP) is 5.60. The van der Waals surface area contributed by atoms with Crippen LogP contribution in [0.3, 0.4) is 0 Å². The first-order chi connectivity index (χ1) is 19.6. The van der Waals surface area contributed by atoms with Gasteiger partial charge in [0.15, 0.2) is 0 Å². The van der Waals surface area contributed by atoms with E-state index in [1.807, 2.05) is 59.4 Å². The highest BCUT2D eigenvalue weighted by molar-refractivity contribution is 14.1. The van der Waals surface area contributed by atoms with Crippen molar-refractivity contribution >= 4 is 56.1 Å². The molecule has 1 amide bonds. The second-order valence-corrected chi connectivity index (χ2v) is 11.1. The van der Waals surface area contributed by atoms with Crippen LogP contribution in [0.2, 0.25) is 0 Å². The fraction of sp³-hybridized carbons (Fsp3) is 0.258. The van der Waals surface area contributed by atoms with E-state index in [0.29, 0.717) is 18.8 Å². The second-order valence-electron chi connectivity index (χ2n) is 9.87. The van der Waals surface area contributed by atoms with Crippen LogP contribution < -0.4 is 15.0 Å². The number of nitrogens with zero attached hydrogens (tertiary/aromatic N) is 4. The maximum absolute atomic E-state index is 12.8. The Bertz CT molecular complexity index is 1660. The maximum Gasteiger partial charge on any atom is 0.251 e. The van der Waals surface area contributed by atoms with Gasteiger partial charge in [-0.15, -0.1) is 0 Å². The summed E-state index contributed by atoms with van der Waals surface area (Å²) < 4.78 is 13.9. The number of benzene rings is 3. The maximum atomic E-state index is 12.8. The Kier molecular flexibility index (Phi) is 7.83. The number of aromatic nitrogens is 3. The van der Waals surface area contributed by atoms with Crippen LogP contribution in [0.4, 0.5) is 5.69 Å². The molecule has 3 heterocycles. The third-order valence-corrected chi connectivity index (χ3v) is 7.93. The quantitative estimate of drug-likeness (QED) is 0.175. The zero-order valence-electron chi connectivity index (χ0n) is 22.2. The van der Waals surface area contributed by atoms with Crippen molar-refractivity contribution in [2.45, 2.75) is 18.9 Å². The van der Waals surface area contributed by atoms with Gasteiger partial charge in [0.25, 0.3) is 5.91 Å². The molecule has 1 aliphatic rings. The van der Waals surface area contributed by atoms with Crippen molar-refractivity contribution in [1.29, 1.82) is 0 Å². The number of carbonyl (C=O) groups excluding carboxylic acids is 1. The summed E-state index contributed by atoms with van der Waals surface area (Å²) in [5.74, 6) is 1.58. The van der Waals surface area contributed by atoms with Crippen molar-refractivity contribution in [3.63, 3.8) is 0 Å². The third-order valence-electron chi connectivity index (χ3n) is 7.26. The number of para-hydroxylation sites is 1. The summed E-state index contributed by atoms with van der Waals surface area (Å²) in [6.45, 7) is 2.73. The van der Waals surface area contributed by atoms with E-state index in [9.17, 15) is 4.79 Å². The highest BCUT2D eigenvalue weighted by Gasteiger charge is 2.23. The largest absolute Gasteiger partial charge is 0.491 e. The van der Waals surface area contributed by atoms with E-state index in [4.69, 9.17) is 14.5 Å². The van der Waals surface area contributed by atoms with Gasteiger partial charge < -0.3 is 19.7 Å². The molecule has 0 aliphatic carbocycles. The monoisotopic (exact) mass is 645 g/mol. The number of halogens is 1. The van der Waals surface area contributed by atoms with Gasteiger partial charge in [-0.2, -0.15) is 0 Å². The highest BCUT2D eigenvalue weighted by Crippen LogP contribution is 2.30. The molecule has 2 aromatic heterocycles. The van der Waals surface area contributed by atoms with Gasteiger partial charge in [-0.25, -0.2) is 9.97 Å². The summed E-state index contributed by atoms with van der Waals surface area (Å²) >= 11 is 2.24. The summed E-state index contributed by atoms with van der Waals surface area (Å²) in [7, 11) is 1.66. The number of carbonyl (C=O) groups is 1. The van der Waals surface area contributed by atoms with Crippen LogP contribution in [0, 0.1) is 3.57 Å². The summed E-state index contributed by atoms with van der Waals surface area (Å²) in [6, 6.07) is 24.2. The van der Waals surface area contributed by atoms with Crippen molar-refractivity contribution in [2.75, 3.05) is 38.3 Å². The van der Waals surface area contributed by atoms with Crippen LogP contribution in [0.5, 0.6) is 5.75 Å². The number of hydrogen-bond donors (Lipinski definition) is 1. The molecule has 0 radical (unpaired) electrons. The number of anilines is 1. The topological polar surface area (TPSA) is 81.5 Å². The molecular weight excluding hydrogens is 615 g/mol. The van der Waals surface area contributed by atoms with Gasteiger partial charge in [0.05, 0.1) is 28.8 Å². The molecule has 9 heteroatoms. The van der Waals surface area contributed by atoms with E-state index in [2.05, 4.69) is 62.1 Å². The van der Waals surface area contributed by atoms with Gasteiger partial charge >= 0.3 is 0 Å². The lowest BCUT2D eigenvalue weighted by atomic mass is 10.0. The number of pyridine rings is 1. The first kappa shape index (κ1) is 26.5. The van der Waals surface area contributed by atoms with Gasteiger partial charge in [-0.1, -0.05) is 18.2 Å². The minimum absolute atomic E-state index is 0.00495. The van der Waals surface area contributed by atoms with Crippen molar-refractivity contribution in [3.05, 3.63) is 88.3 Å². The van der Waals surface area contributed by atoms with Crippen LogP contribution in [0.1, 0.15) is 23.2 Å². The Labute approximate surface area is 246 Å². The van der Waals surface area contributed by atoms with Crippen LogP contribution >= 0.6 is 22.6 Å². The number of ether oxygens (including phenoxy) is 2. The fourth-order valence-corrected chi connectivity index (χ4v) is 5.72. The fourth-order valence-electron chi connectivity index (χ4n) is 5.18. The summed E-state index contributed by atoms with van der Waals surface area (Å²) in [5.41, 5.74) is 4.59. The second kappa shape index (κ2) is 11.8. The molecule has 6 rings (SSSR count). The summed E-state index contributed by atoms with van der Waals surface area (Å²) in [6.07, 6.45) is 3.57. The molecule has 1 saturated heterocycles. The molecule has 0 saturated carbocycles. The number of methoxy groups -OCH3 is 1. The van der Waals surface area contributed by atoms with Gasteiger partial charge in [0.2, 0.25) is 0 Å². The molecule has 0 bridgehead atoms. The molecule has 5 aromatic rings. The van der Waals surface area contributed by atoms with Gasteiger partial charge in [-0.05, 0) is 84.0 Å². The SMILES string of the molecule is COCCOc1ccc2c(c1)ncn2-c1ccc2cccc(N3CCC(NC(=O)c4cccc([125I])c4)CC3)c2n1. The van der Waals surface area contributed by atoms with Crippen molar-refractivity contribution < 1.29 is 14.3 Å². The molecule has 0 unspecified atom stereocenters. The summed E-state index contributed by atoms with van der Waals surface area (Å²) in [4.78, 5) is 24.8. The Morgan fingerprint density at radius 2 is 1.88 bits per heavy atom. The first-order valence-corrected chi connectivity index (χ1v) is 14.5. The van der Waals surface area contributed by atoms with Crippen molar-refractivity contribution in [3.8, 4) is 11.6 Å². The lowest BCUT2D eigenvalue weighted by Gasteiger charge is -2.34. The Morgan fingerprint density at radius 1 is 1.02 bits per heavy atom. The van der Waals surface area contributed by atoms with Crippen molar-refractivity contribution in [2.24, 2.45) is 0 Å². The van der Waals surface area contributed by atoms with Gasteiger partial charge in [0, 0.05) is 46.8 Å². The highest BCUT2D eigenvalue weighted by atomic mass is 125. The van der Waals surface area contributed by atoms with E-state index < -0.39 is 0 Å². The molecule has 0 atom stereocenters. The van der Waals surface area contributed by atoms with Crippen LogP contribution in [-0.2, 0) is 4.74 Å². The molecular formula is C31H30IN5O3. The number of amides is 1. The Balaban J connectivity index is 1.20. The Morgan fingerprint density at radius 3 is 2.70 bits per heavy atom. The molecule has 204 valence electrons. The van der Waals surface area contributed by atoms with E-state index in [-0.39, 0.29) is 11.9 Å². The molecule has 0 spiro atoms. The lowest BCUT2D eigenvalue weighted by Crippen LogP contribution is -2.44.